The van der Waals surface area contributed by atoms with Gasteiger partial charge in [0.2, 0.25) is 0 Å². The summed E-state index contributed by atoms with van der Waals surface area (Å²) < 4.78 is 6.00. The van der Waals surface area contributed by atoms with E-state index in [-0.39, 0.29) is 6.10 Å². The molecule has 0 N–H and O–H groups in total. The molecule has 1 saturated heterocycles. The lowest BCUT2D eigenvalue weighted by Crippen LogP contribution is -2.38. The summed E-state index contributed by atoms with van der Waals surface area (Å²) in [6.45, 7) is 4.01. The van der Waals surface area contributed by atoms with Crippen LogP contribution >= 0.6 is 22.9 Å². The molecule has 1 aromatic heterocycles. The standard InChI is InChI=1S/C15H17ClN2OS/c1-11-10-20-15(17-11)18-8-6-12(7-9-18)19-14-5-3-2-4-13(14)16/h2-5,10,12H,6-9H2,1H3. The Bertz CT molecular complexity index is 579. The number of hydrogen-bond acceptors (Lipinski definition) is 4. The number of rotatable bonds is 3. The minimum atomic E-state index is 0.243. The second-order valence-electron chi connectivity index (χ2n) is 5.01. The van der Waals surface area contributed by atoms with Gasteiger partial charge in [-0.15, -0.1) is 11.3 Å². The summed E-state index contributed by atoms with van der Waals surface area (Å²) in [6.07, 6.45) is 2.25. The van der Waals surface area contributed by atoms with Crippen LogP contribution in [0, 0.1) is 6.92 Å². The molecule has 0 saturated carbocycles. The van der Waals surface area contributed by atoms with Crippen molar-refractivity contribution >= 4 is 28.1 Å². The van der Waals surface area contributed by atoms with Crippen LogP contribution in [0.4, 0.5) is 5.13 Å². The number of para-hydroxylation sites is 1. The van der Waals surface area contributed by atoms with E-state index in [4.69, 9.17) is 16.3 Å². The predicted octanol–water partition coefficient (Wildman–Crippen LogP) is 4.15. The molecule has 0 aliphatic carbocycles. The van der Waals surface area contributed by atoms with Gasteiger partial charge in [-0.3, -0.25) is 0 Å². The summed E-state index contributed by atoms with van der Waals surface area (Å²) in [5.41, 5.74) is 1.10. The molecule has 0 unspecified atom stereocenters. The first kappa shape index (κ1) is 13.7. The number of aryl methyl sites for hydroxylation is 1. The highest BCUT2D eigenvalue weighted by molar-refractivity contribution is 7.13. The monoisotopic (exact) mass is 308 g/mol. The first-order valence-electron chi connectivity index (χ1n) is 6.80. The first-order chi connectivity index (χ1) is 9.72. The van der Waals surface area contributed by atoms with Gasteiger partial charge >= 0.3 is 0 Å². The molecule has 3 nitrogen and oxygen atoms in total. The molecular weight excluding hydrogens is 292 g/mol. The zero-order chi connectivity index (χ0) is 13.9. The average molecular weight is 309 g/mol. The largest absolute Gasteiger partial charge is 0.489 e. The Morgan fingerprint density at radius 3 is 2.70 bits per heavy atom. The lowest BCUT2D eigenvalue weighted by molar-refractivity contribution is 0.171. The first-order valence-corrected chi connectivity index (χ1v) is 8.06. The highest BCUT2D eigenvalue weighted by Crippen LogP contribution is 2.28. The number of halogens is 1. The second-order valence-corrected chi connectivity index (χ2v) is 6.25. The topological polar surface area (TPSA) is 25.4 Å². The number of hydrogen-bond donors (Lipinski definition) is 0. The fourth-order valence-corrected chi connectivity index (χ4v) is 3.41. The molecule has 2 heterocycles. The van der Waals surface area contributed by atoms with Crippen molar-refractivity contribution < 1.29 is 4.74 Å². The van der Waals surface area contributed by atoms with Crippen molar-refractivity contribution in [2.24, 2.45) is 0 Å². The Labute approximate surface area is 128 Å². The Kier molecular flexibility index (Phi) is 4.13. The van der Waals surface area contributed by atoms with Crippen molar-refractivity contribution in [3.63, 3.8) is 0 Å². The maximum atomic E-state index is 6.13. The van der Waals surface area contributed by atoms with Crippen molar-refractivity contribution in [1.82, 2.24) is 4.98 Å². The summed E-state index contributed by atoms with van der Waals surface area (Å²) in [4.78, 5) is 6.88. The van der Waals surface area contributed by atoms with Gasteiger partial charge in [0.05, 0.1) is 10.7 Å². The Morgan fingerprint density at radius 2 is 2.05 bits per heavy atom. The summed E-state index contributed by atoms with van der Waals surface area (Å²) in [7, 11) is 0. The summed E-state index contributed by atoms with van der Waals surface area (Å²) >= 11 is 7.84. The van der Waals surface area contributed by atoms with Gasteiger partial charge in [-0.2, -0.15) is 0 Å². The molecule has 0 radical (unpaired) electrons. The van der Waals surface area contributed by atoms with E-state index in [0.29, 0.717) is 5.02 Å². The highest BCUT2D eigenvalue weighted by Gasteiger charge is 2.22. The molecule has 20 heavy (non-hydrogen) atoms. The van der Waals surface area contributed by atoms with Gasteiger partial charge in [0.25, 0.3) is 0 Å². The van der Waals surface area contributed by atoms with Crippen LogP contribution in [-0.2, 0) is 0 Å². The summed E-state index contributed by atoms with van der Waals surface area (Å²) in [5, 5.41) is 3.91. The van der Waals surface area contributed by atoms with E-state index < -0.39 is 0 Å². The molecule has 3 rings (SSSR count). The number of thiazole rings is 1. The third kappa shape index (κ3) is 3.07. The molecule has 0 amide bonds. The van der Waals surface area contributed by atoms with E-state index in [2.05, 4.69) is 15.3 Å². The molecule has 5 heteroatoms. The van der Waals surface area contributed by atoms with E-state index in [1.54, 1.807) is 11.3 Å². The van der Waals surface area contributed by atoms with Crippen LogP contribution in [0.2, 0.25) is 5.02 Å². The number of benzene rings is 1. The van der Waals surface area contributed by atoms with Crippen molar-refractivity contribution in [2.45, 2.75) is 25.9 Å². The lowest BCUT2D eigenvalue weighted by Gasteiger charge is -2.32. The zero-order valence-electron chi connectivity index (χ0n) is 11.4. The average Bonchev–Trinajstić information content (AvgIpc) is 2.89. The number of piperidine rings is 1. The van der Waals surface area contributed by atoms with Gasteiger partial charge < -0.3 is 9.64 Å². The maximum Gasteiger partial charge on any atom is 0.185 e. The number of aromatic nitrogens is 1. The van der Waals surface area contributed by atoms with E-state index in [9.17, 15) is 0 Å². The molecule has 106 valence electrons. The van der Waals surface area contributed by atoms with E-state index in [1.165, 1.54) is 0 Å². The maximum absolute atomic E-state index is 6.13. The third-order valence-corrected chi connectivity index (χ3v) is 4.78. The van der Waals surface area contributed by atoms with Crippen LogP contribution in [0.15, 0.2) is 29.6 Å². The minimum absolute atomic E-state index is 0.243. The van der Waals surface area contributed by atoms with Gasteiger partial charge in [-0.25, -0.2) is 4.98 Å². The fourth-order valence-electron chi connectivity index (χ4n) is 2.37. The quantitative estimate of drug-likeness (QED) is 0.851. The zero-order valence-corrected chi connectivity index (χ0v) is 13.0. The van der Waals surface area contributed by atoms with Crippen LogP contribution in [0.1, 0.15) is 18.5 Å². The lowest BCUT2D eigenvalue weighted by atomic mass is 10.1. The minimum Gasteiger partial charge on any atom is -0.489 e. The SMILES string of the molecule is Cc1csc(N2CCC(Oc3ccccc3Cl)CC2)n1. The third-order valence-electron chi connectivity index (χ3n) is 3.45. The van der Waals surface area contributed by atoms with Crippen molar-refractivity contribution in [3.05, 3.63) is 40.4 Å². The van der Waals surface area contributed by atoms with Gasteiger partial charge in [0, 0.05) is 31.3 Å². The van der Waals surface area contributed by atoms with E-state index >= 15 is 0 Å². The van der Waals surface area contributed by atoms with Gasteiger partial charge in [-0.1, -0.05) is 23.7 Å². The van der Waals surface area contributed by atoms with Crippen LogP contribution < -0.4 is 9.64 Å². The number of ether oxygens (including phenoxy) is 1. The van der Waals surface area contributed by atoms with Crippen molar-refractivity contribution in [1.29, 1.82) is 0 Å². The molecule has 1 aliphatic heterocycles. The molecule has 2 aromatic rings. The van der Waals surface area contributed by atoms with Gasteiger partial charge in [0.1, 0.15) is 11.9 Å². The highest BCUT2D eigenvalue weighted by atomic mass is 35.5. The van der Waals surface area contributed by atoms with Crippen LogP contribution in [-0.4, -0.2) is 24.2 Å². The smallest absolute Gasteiger partial charge is 0.185 e. The number of nitrogens with zero attached hydrogens (tertiary/aromatic N) is 2. The molecule has 0 atom stereocenters. The molecule has 1 aliphatic rings. The van der Waals surface area contributed by atoms with Crippen LogP contribution in [0.25, 0.3) is 0 Å². The van der Waals surface area contributed by atoms with Gasteiger partial charge in [-0.05, 0) is 19.1 Å². The van der Waals surface area contributed by atoms with Crippen molar-refractivity contribution in [2.75, 3.05) is 18.0 Å². The summed E-state index contributed by atoms with van der Waals surface area (Å²) in [6, 6.07) is 7.67. The molecule has 0 bridgehead atoms. The van der Waals surface area contributed by atoms with Gasteiger partial charge in [0.15, 0.2) is 5.13 Å². The van der Waals surface area contributed by atoms with Crippen LogP contribution in [0.5, 0.6) is 5.75 Å². The summed E-state index contributed by atoms with van der Waals surface area (Å²) in [5.74, 6) is 0.790. The molecule has 1 fully saturated rings. The van der Waals surface area contributed by atoms with E-state index in [0.717, 1.165) is 42.5 Å². The second kappa shape index (κ2) is 6.02. The molecule has 1 aromatic carbocycles. The van der Waals surface area contributed by atoms with Crippen LogP contribution in [0.3, 0.4) is 0 Å². The predicted molar refractivity (Wildman–Crippen MR) is 84.2 cm³/mol. The fraction of sp³-hybridized carbons (Fsp3) is 0.400. The number of anilines is 1. The van der Waals surface area contributed by atoms with E-state index in [1.807, 2.05) is 31.2 Å². The molecular formula is C15H17ClN2OS. The Balaban J connectivity index is 1.58. The van der Waals surface area contributed by atoms with Crippen molar-refractivity contribution in [3.8, 4) is 5.75 Å². The Morgan fingerprint density at radius 1 is 1.30 bits per heavy atom. The molecule has 0 spiro atoms. The Hall–Kier alpha value is -1.26. The normalized spacial score (nSPS) is 16.4.